The van der Waals surface area contributed by atoms with Crippen LogP contribution in [0.25, 0.3) is 0 Å². The normalized spacial score (nSPS) is 28.9. The maximum Gasteiger partial charge on any atom is 0.225 e. The first-order valence-corrected chi connectivity index (χ1v) is 9.22. The number of rotatable bonds is 2. The molecule has 5 nitrogen and oxygen atoms in total. The minimum Gasteiger partial charge on any atom is -0.338 e. The van der Waals surface area contributed by atoms with E-state index in [0.29, 0.717) is 19.3 Å². The van der Waals surface area contributed by atoms with Crippen molar-refractivity contribution in [2.45, 2.75) is 56.9 Å². The Bertz CT molecular complexity index is 499. The van der Waals surface area contributed by atoms with E-state index in [2.05, 4.69) is 11.4 Å². The van der Waals surface area contributed by atoms with Crippen molar-refractivity contribution in [1.29, 1.82) is 5.26 Å². The summed E-state index contributed by atoms with van der Waals surface area (Å²) in [5, 5.41) is 12.3. The minimum absolute atomic E-state index is 0.0691. The molecule has 1 unspecified atom stereocenters. The Labute approximate surface area is 120 Å². The van der Waals surface area contributed by atoms with Crippen molar-refractivity contribution in [3.8, 4) is 6.07 Å². The molecule has 112 valence electrons. The largest absolute Gasteiger partial charge is 0.338 e. The van der Waals surface area contributed by atoms with Crippen LogP contribution in [0.2, 0.25) is 0 Å². The molecule has 1 N–H and O–H groups in total. The zero-order valence-electron chi connectivity index (χ0n) is 11.7. The van der Waals surface area contributed by atoms with Gasteiger partial charge in [-0.1, -0.05) is 32.1 Å². The molecular weight excluding hydrogens is 276 g/mol. The molecule has 0 aromatic rings. The van der Waals surface area contributed by atoms with Gasteiger partial charge in [-0.15, -0.1) is 0 Å². The van der Waals surface area contributed by atoms with Crippen LogP contribution in [-0.4, -0.2) is 31.4 Å². The summed E-state index contributed by atoms with van der Waals surface area (Å²) in [4.78, 5) is 12.2. The molecule has 0 aromatic carbocycles. The van der Waals surface area contributed by atoms with E-state index >= 15 is 0 Å². The van der Waals surface area contributed by atoms with Crippen molar-refractivity contribution >= 4 is 15.7 Å². The summed E-state index contributed by atoms with van der Waals surface area (Å²) in [6, 6.07) is 2.28. The fourth-order valence-corrected chi connectivity index (χ4v) is 4.85. The van der Waals surface area contributed by atoms with Gasteiger partial charge in [-0.2, -0.15) is 5.26 Å². The number of sulfone groups is 1. The molecule has 0 radical (unpaired) electrons. The van der Waals surface area contributed by atoms with Crippen molar-refractivity contribution in [1.82, 2.24) is 5.32 Å². The number of carbonyl (C=O) groups excluding carboxylic acids is 1. The zero-order valence-corrected chi connectivity index (χ0v) is 12.5. The lowest BCUT2D eigenvalue weighted by molar-refractivity contribution is -0.125. The molecule has 1 saturated heterocycles. The highest BCUT2D eigenvalue weighted by Crippen LogP contribution is 2.27. The van der Waals surface area contributed by atoms with E-state index < -0.39 is 21.3 Å². The lowest BCUT2D eigenvalue weighted by Gasteiger charge is -2.30. The zero-order chi connectivity index (χ0) is 14.6. The summed E-state index contributed by atoms with van der Waals surface area (Å²) in [5.41, 5.74) is -0.788. The molecule has 1 heterocycles. The number of carbonyl (C=O) groups is 1. The van der Waals surface area contributed by atoms with Crippen LogP contribution in [0.3, 0.4) is 0 Å². The first kappa shape index (κ1) is 15.3. The van der Waals surface area contributed by atoms with Crippen LogP contribution in [0.15, 0.2) is 0 Å². The van der Waals surface area contributed by atoms with Crippen molar-refractivity contribution in [3.63, 3.8) is 0 Å². The van der Waals surface area contributed by atoms with Gasteiger partial charge in [0.05, 0.1) is 23.5 Å². The maximum atomic E-state index is 12.2. The summed E-state index contributed by atoms with van der Waals surface area (Å²) in [6.45, 7) is 0. The van der Waals surface area contributed by atoms with Crippen LogP contribution >= 0.6 is 0 Å². The fourth-order valence-electron chi connectivity index (χ4n) is 3.11. The molecule has 6 heteroatoms. The second-order valence-corrected chi connectivity index (χ2v) is 8.28. The van der Waals surface area contributed by atoms with Crippen LogP contribution in [0.4, 0.5) is 0 Å². The first-order chi connectivity index (χ1) is 9.46. The quantitative estimate of drug-likeness (QED) is 0.837. The van der Waals surface area contributed by atoms with Gasteiger partial charge >= 0.3 is 0 Å². The van der Waals surface area contributed by atoms with Crippen molar-refractivity contribution < 1.29 is 13.2 Å². The topological polar surface area (TPSA) is 87.0 Å². The standard InChI is InChI=1S/C14H22N2O3S/c15-11-14(7-4-2-1-3-5-8-14)16-13(17)12-6-9-20(18,19)10-12/h12H,1-10H2,(H,16,17). The third-order valence-corrected chi connectivity index (χ3v) is 6.15. The predicted molar refractivity (Wildman–Crippen MR) is 75.6 cm³/mol. The lowest BCUT2D eigenvalue weighted by Crippen LogP contribution is -2.50. The molecule has 1 amide bonds. The number of nitrogens with one attached hydrogen (secondary N) is 1. The minimum atomic E-state index is -3.06. The average molecular weight is 298 g/mol. The molecule has 0 bridgehead atoms. The van der Waals surface area contributed by atoms with Gasteiger partial charge in [-0.3, -0.25) is 4.79 Å². The second kappa shape index (κ2) is 6.13. The highest BCUT2D eigenvalue weighted by molar-refractivity contribution is 7.91. The number of nitrogens with zero attached hydrogens (tertiary/aromatic N) is 1. The van der Waals surface area contributed by atoms with E-state index in [9.17, 15) is 18.5 Å². The maximum absolute atomic E-state index is 12.2. The second-order valence-electron chi connectivity index (χ2n) is 6.05. The Balaban J connectivity index is 2.01. The fraction of sp³-hybridized carbons (Fsp3) is 0.857. The van der Waals surface area contributed by atoms with Crippen LogP contribution in [0.1, 0.15) is 51.4 Å². The van der Waals surface area contributed by atoms with Crippen LogP contribution in [-0.2, 0) is 14.6 Å². The monoisotopic (exact) mass is 298 g/mol. The highest BCUT2D eigenvalue weighted by Gasteiger charge is 2.38. The van der Waals surface area contributed by atoms with Crippen LogP contribution < -0.4 is 5.32 Å². The Morgan fingerprint density at radius 3 is 2.25 bits per heavy atom. The summed E-state index contributed by atoms with van der Waals surface area (Å²) in [6.07, 6.45) is 7.00. The van der Waals surface area contributed by atoms with E-state index in [1.807, 2.05) is 0 Å². The van der Waals surface area contributed by atoms with Gasteiger partial charge in [0.25, 0.3) is 0 Å². The number of amides is 1. The molecule has 0 spiro atoms. The van der Waals surface area contributed by atoms with Crippen LogP contribution in [0.5, 0.6) is 0 Å². The molecule has 1 atom stereocenters. The van der Waals surface area contributed by atoms with Crippen molar-refractivity contribution in [2.75, 3.05) is 11.5 Å². The van der Waals surface area contributed by atoms with Crippen molar-refractivity contribution in [2.24, 2.45) is 5.92 Å². The van der Waals surface area contributed by atoms with E-state index in [1.165, 1.54) is 6.42 Å². The smallest absolute Gasteiger partial charge is 0.225 e. The van der Waals surface area contributed by atoms with E-state index in [-0.39, 0.29) is 17.4 Å². The van der Waals surface area contributed by atoms with Gasteiger partial charge < -0.3 is 5.32 Å². The van der Waals surface area contributed by atoms with Gasteiger partial charge in [0.15, 0.2) is 9.84 Å². The molecule has 2 rings (SSSR count). The van der Waals surface area contributed by atoms with Gasteiger partial charge in [0, 0.05) is 0 Å². The summed E-state index contributed by atoms with van der Waals surface area (Å²) in [5.74, 6) is -0.714. The Hall–Kier alpha value is -1.09. The third kappa shape index (κ3) is 3.72. The van der Waals surface area contributed by atoms with Crippen LogP contribution in [0, 0.1) is 17.2 Å². The lowest BCUT2D eigenvalue weighted by atomic mass is 9.84. The molecule has 2 fully saturated rings. The number of hydrogen-bond acceptors (Lipinski definition) is 4. The third-order valence-electron chi connectivity index (χ3n) is 4.39. The highest BCUT2D eigenvalue weighted by atomic mass is 32.2. The molecule has 0 aromatic heterocycles. The van der Waals surface area contributed by atoms with Gasteiger partial charge in [-0.25, -0.2) is 8.42 Å². The first-order valence-electron chi connectivity index (χ1n) is 7.40. The van der Waals surface area contributed by atoms with E-state index in [4.69, 9.17) is 0 Å². The summed E-state index contributed by atoms with van der Waals surface area (Å²) < 4.78 is 22.9. The predicted octanol–water partition coefficient (Wildman–Crippen LogP) is 1.54. The molecule has 1 saturated carbocycles. The Morgan fingerprint density at radius 1 is 1.15 bits per heavy atom. The number of hydrogen-bond donors (Lipinski definition) is 1. The molecular formula is C14H22N2O3S. The van der Waals surface area contributed by atoms with Crippen molar-refractivity contribution in [3.05, 3.63) is 0 Å². The van der Waals surface area contributed by atoms with Gasteiger partial charge in [0.2, 0.25) is 5.91 Å². The average Bonchev–Trinajstić information content (AvgIpc) is 2.73. The van der Waals surface area contributed by atoms with E-state index in [1.54, 1.807) is 0 Å². The van der Waals surface area contributed by atoms with Gasteiger partial charge in [-0.05, 0) is 19.3 Å². The molecule has 1 aliphatic heterocycles. The van der Waals surface area contributed by atoms with Gasteiger partial charge in [0.1, 0.15) is 5.54 Å². The van der Waals surface area contributed by atoms with E-state index in [0.717, 1.165) is 25.7 Å². The Morgan fingerprint density at radius 2 is 1.75 bits per heavy atom. The molecule has 20 heavy (non-hydrogen) atoms. The molecule has 1 aliphatic carbocycles. The SMILES string of the molecule is N#CC1(NC(=O)C2CCS(=O)(=O)C2)CCCCCCC1. The summed E-state index contributed by atoms with van der Waals surface area (Å²) >= 11 is 0. The summed E-state index contributed by atoms with van der Waals surface area (Å²) in [7, 11) is -3.06. The number of nitriles is 1. The molecule has 2 aliphatic rings. The Kier molecular flexibility index (Phi) is 4.69.